The van der Waals surface area contributed by atoms with E-state index in [-0.39, 0.29) is 37.2 Å². The van der Waals surface area contributed by atoms with Crippen LogP contribution < -0.4 is 45.3 Å². The van der Waals surface area contributed by atoms with E-state index in [1.165, 1.54) is 5.57 Å². The third-order valence-electron chi connectivity index (χ3n) is 4.25. The smallest absolute Gasteiger partial charge is 1.00 e. The van der Waals surface area contributed by atoms with Crippen molar-refractivity contribution < 1.29 is 40.5 Å². The molecule has 0 aromatic carbocycles. The molecule has 0 bridgehead atoms. The van der Waals surface area contributed by atoms with Crippen molar-refractivity contribution in [3.8, 4) is 6.01 Å². The first kappa shape index (κ1) is 22.1. The predicted molar refractivity (Wildman–Crippen MR) is 102 cm³/mol. The quantitative estimate of drug-likeness (QED) is 0.368. The Morgan fingerprint density at radius 3 is 3.00 bits per heavy atom. The van der Waals surface area contributed by atoms with Crippen molar-refractivity contribution in [1.82, 2.24) is 19.5 Å². The van der Waals surface area contributed by atoms with Crippen molar-refractivity contribution in [3.63, 3.8) is 0 Å². The van der Waals surface area contributed by atoms with Crippen LogP contribution in [0, 0.1) is 0 Å². The monoisotopic (exact) mass is 384 g/mol. The van der Waals surface area contributed by atoms with Gasteiger partial charge in [-0.05, 0) is 46.1 Å². The van der Waals surface area contributed by atoms with E-state index in [9.17, 15) is 0 Å². The van der Waals surface area contributed by atoms with Gasteiger partial charge in [0.05, 0.1) is 6.61 Å². The van der Waals surface area contributed by atoms with Crippen molar-refractivity contribution in [2.24, 2.45) is 5.73 Å². The summed E-state index contributed by atoms with van der Waals surface area (Å²) in [5, 5.41) is 3.31. The van der Waals surface area contributed by atoms with Crippen LogP contribution in [-0.4, -0.2) is 45.8 Å². The topological polar surface area (TPSA) is 100 Å². The van der Waals surface area contributed by atoms with Gasteiger partial charge in [-0.25, -0.2) is 9.97 Å². The standard InChI is InChI=1S/C18H28N6O2.Na.H/c1-13(2)7-9-20-16-15-17(22-12-21-16)24(14-6-3-4-10-25-14)18(23-15)26-11-5-8-19;;/h7,12,14H,3-6,8-11,19H2,1-2H3,(H,20,21,22);;/q;+1;-1. The van der Waals surface area contributed by atoms with Gasteiger partial charge in [-0.2, -0.15) is 4.98 Å². The number of rotatable bonds is 8. The Morgan fingerprint density at radius 2 is 2.30 bits per heavy atom. The van der Waals surface area contributed by atoms with E-state index >= 15 is 0 Å². The van der Waals surface area contributed by atoms with Crippen LogP contribution in [0.25, 0.3) is 11.2 Å². The molecule has 0 amide bonds. The summed E-state index contributed by atoms with van der Waals surface area (Å²) in [6.07, 6.45) is 7.43. The second-order valence-corrected chi connectivity index (χ2v) is 6.63. The number of nitrogens with zero attached hydrogens (tertiary/aromatic N) is 4. The molecule has 1 aliphatic heterocycles. The zero-order chi connectivity index (χ0) is 18.4. The molecule has 1 aliphatic rings. The maximum atomic E-state index is 5.96. The maximum Gasteiger partial charge on any atom is 1.00 e. The fourth-order valence-corrected chi connectivity index (χ4v) is 2.91. The second kappa shape index (κ2) is 11.0. The van der Waals surface area contributed by atoms with E-state index in [1.54, 1.807) is 6.33 Å². The Morgan fingerprint density at radius 1 is 1.44 bits per heavy atom. The fraction of sp³-hybridized carbons (Fsp3) is 0.611. The Balaban J connectivity index is 0.00000196. The number of allylic oxidation sites excluding steroid dienone is 1. The summed E-state index contributed by atoms with van der Waals surface area (Å²) >= 11 is 0. The molecule has 0 aliphatic carbocycles. The molecule has 1 saturated heterocycles. The van der Waals surface area contributed by atoms with Crippen LogP contribution in [-0.2, 0) is 4.74 Å². The molecule has 3 heterocycles. The van der Waals surface area contributed by atoms with Gasteiger partial charge in [-0.15, -0.1) is 0 Å². The molecular formula is C18H29N6NaO2. The van der Waals surface area contributed by atoms with Gasteiger partial charge in [-0.3, -0.25) is 4.57 Å². The minimum atomic E-state index is -0.109. The molecule has 2 aromatic heterocycles. The summed E-state index contributed by atoms with van der Waals surface area (Å²) in [5.74, 6) is 0.700. The van der Waals surface area contributed by atoms with Gasteiger partial charge in [0.2, 0.25) is 0 Å². The summed E-state index contributed by atoms with van der Waals surface area (Å²) in [5.41, 5.74) is 8.26. The van der Waals surface area contributed by atoms with Crippen molar-refractivity contribution in [2.45, 2.75) is 45.8 Å². The molecule has 3 N–H and O–H groups in total. The van der Waals surface area contributed by atoms with E-state index in [0.717, 1.165) is 37.9 Å². The molecule has 27 heavy (non-hydrogen) atoms. The second-order valence-electron chi connectivity index (χ2n) is 6.63. The van der Waals surface area contributed by atoms with Crippen LogP contribution in [0.2, 0.25) is 0 Å². The third kappa shape index (κ3) is 5.65. The molecule has 2 aromatic rings. The van der Waals surface area contributed by atoms with Crippen molar-refractivity contribution >= 4 is 17.0 Å². The molecule has 144 valence electrons. The van der Waals surface area contributed by atoms with E-state index in [0.29, 0.717) is 37.0 Å². The van der Waals surface area contributed by atoms with Gasteiger partial charge in [0.1, 0.15) is 12.6 Å². The van der Waals surface area contributed by atoms with Crippen molar-refractivity contribution in [3.05, 3.63) is 18.0 Å². The number of imidazole rings is 1. The van der Waals surface area contributed by atoms with E-state index in [4.69, 9.17) is 15.2 Å². The Kier molecular flexibility index (Phi) is 8.98. The number of nitrogens with one attached hydrogen (secondary N) is 1. The SMILES string of the molecule is CC(C)=CCNc1ncnc2c1nc(OCCCN)n2C1CCCCO1.[H-].[Na+]. The molecule has 9 heteroatoms. The molecule has 8 nitrogen and oxygen atoms in total. The van der Waals surface area contributed by atoms with E-state index < -0.39 is 0 Å². The van der Waals surface area contributed by atoms with Gasteiger partial charge in [0.25, 0.3) is 0 Å². The molecule has 0 radical (unpaired) electrons. The first-order valence-electron chi connectivity index (χ1n) is 9.25. The Hall–Kier alpha value is -1.19. The average Bonchev–Trinajstić information content (AvgIpc) is 3.01. The van der Waals surface area contributed by atoms with Gasteiger partial charge in [-0.1, -0.05) is 11.6 Å². The predicted octanol–water partition coefficient (Wildman–Crippen LogP) is -0.252. The number of anilines is 1. The van der Waals surface area contributed by atoms with Crippen LogP contribution in [0.4, 0.5) is 5.82 Å². The van der Waals surface area contributed by atoms with Crippen LogP contribution in [0.5, 0.6) is 6.01 Å². The largest absolute Gasteiger partial charge is 1.00 e. The van der Waals surface area contributed by atoms with Gasteiger partial charge < -0.3 is 22.0 Å². The number of aromatic nitrogens is 4. The summed E-state index contributed by atoms with van der Waals surface area (Å²) in [7, 11) is 0. The van der Waals surface area contributed by atoms with Gasteiger partial charge in [0, 0.05) is 13.2 Å². The molecular weight excluding hydrogens is 355 g/mol. The van der Waals surface area contributed by atoms with Crippen LogP contribution in [0.3, 0.4) is 0 Å². The molecule has 0 spiro atoms. The van der Waals surface area contributed by atoms with Crippen LogP contribution in [0.15, 0.2) is 18.0 Å². The first-order valence-corrected chi connectivity index (χ1v) is 9.25. The van der Waals surface area contributed by atoms with Crippen molar-refractivity contribution in [2.75, 3.05) is 31.6 Å². The molecule has 0 saturated carbocycles. The minimum Gasteiger partial charge on any atom is -1.00 e. The zero-order valence-corrected chi connectivity index (χ0v) is 18.6. The normalized spacial score (nSPS) is 16.6. The van der Waals surface area contributed by atoms with E-state index in [2.05, 4.69) is 40.2 Å². The van der Waals surface area contributed by atoms with Gasteiger partial charge >= 0.3 is 35.6 Å². The fourth-order valence-electron chi connectivity index (χ4n) is 2.91. The number of fused-ring (bicyclic) bond motifs is 1. The molecule has 1 fully saturated rings. The molecule has 3 rings (SSSR count). The Bertz CT molecular complexity index is 760. The average molecular weight is 384 g/mol. The number of hydrogen-bond donors (Lipinski definition) is 2. The number of ether oxygens (including phenoxy) is 2. The van der Waals surface area contributed by atoms with Crippen molar-refractivity contribution in [1.29, 1.82) is 0 Å². The summed E-state index contributed by atoms with van der Waals surface area (Å²) in [4.78, 5) is 13.5. The maximum absolute atomic E-state index is 5.96. The summed E-state index contributed by atoms with van der Waals surface area (Å²) < 4.78 is 13.8. The summed E-state index contributed by atoms with van der Waals surface area (Å²) in [6, 6.07) is 0.520. The summed E-state index contributed by atoms with van der Waals surface area (Å²) in [6.45, 7) is 6.65. The molecule has 1 unspecified atom stereocenters. The minimum absolute atomic E-state index is 0. The Labute approximate surface area is 183 Å². The first-order chi connectivity index (χ1) is 12.7. The van der Waals surface area contributed by atoms with Gasteiger partial charge in [0.15, 0.2) is 17.0 Å². The van der Waals surface area contributed by atoms with Crippen LogP contribution >= 0.6 is 0 Å². The third-order valence-corrected chi connectivity index (χ3v) is 4.25. The number of nitrogens with two attached hydrogens (primary N) is 1. The molecule has 1 atom stereocenters. The van der Waals surface area contributed by atoms with Crippen LogP contribution in [0.1, 0.15) is 47.2 Å². The zero-order valence-electron chi connectivity index (χ0n) is 17.6. The number of hydrogen-bond acceptors (Lipinski definition) is 7. The van der Waals surface area contributed by atoms with E-state index in [1.807, 2.05) is 4.57 Å².